The number of nitrogens with one attached hydrogen (secondary N) is 1. The van der Waals surface area contributed by atoms with Crippen LogP contribution in [0.5, 0.6) is 0 Å². The van der Waals surface area contributed by atoms with Crippen LogP contribution in [0.1, 0.15) is 22.7 Å². The molecule has 10 heteroatoms. The topological polar surface area (TPSA) is 88.1 Å². The Balaban J connectivity index is 1.66. The van der Waals surface area contributed by atoms with Crippen molar-refractivity contribution in [2.45, 2.75) is 11.8 Å². The highest BCUT2D eigenvalue weighted by atomic mass is 32.2. The molecule has 210 valence electrons. The van der Waals surface area contributed by atoms with Crippen molar-refractivity contribution in [1.29, 1.82) is 0 Å². The molecular weight excluding hydrogens is 558 g/mol. The summed E-state index contributed by atoms with van der Waals surface area (Å²) in [6.45, 7) is 0. The SMILES string of the molecule is Cn1cc2c3c(c[nH]c3c1=O)C(c1cccc3cccnc13)N(c1ccc(F)cc1F)c1ccc(CS(C)(=O)=O)cc1-2. The van der Waals surface area contributed by atoms with Gasteiger partial charge in [-0.3, -0.25) is 9.78 Å². The van der Waals surface area contributed by atoms with Crippen LogP contribution >= 0.6 is 0 Å². The van der Waals surface area contributed by atoms with Gasteiger partial charge in [0.2, 0.25) is 0 Å². The van der Waals surface area contributed by atoms with Gasteiger partial charge in [0.05, 0.1) is 28.7 Å². The van der Waals surface area contributed by atoms with E-state index in [4.69, 9.17) is 0 Å². The standard InChI is InChI=1S/C32H24F2N4O3S/c1-37-16-24-22-13-18(17-42(2,40)41)8-10-26(22)38(27-11-9-20(33)14-25(27)34)31(23-15-36-30(28(23)24)32(37)39)21-7-3-5-19-6-4-12-35-29(19)21/h3-16,31,36H,17H2,1-2H3. The Kier molecular flexibility index (Phi) is 5.81. The number of benzene rings is 3. The molecule has 7 nitrogen and oxygen atoms in total. The van der Waals surface area contributed by atoms with Crippen LogP contribution in [-0.4, -0.2) is 29.2 Å². The summed E-state index contributed by atoms with van der Waals surface area (Å²) in [7, 11) is -1.72. The normalized spacial score (nSPS) is 14.8. The number of fused-ring (bicyclic) bond motifs is 3. The quantitative estimate of drug-likeness (QED) is 0.270. The van der Waals surface area contributed by atoms with E-state index in [2.05, 4.69) is 9.97 Å². The summed E-state index contributed by atoms with van der Waals surface area (Å²) in [6, 6.07) is 17.5. The minimum absolute atomic E-state index is 0.111. The van der Waals surface area contributed by atoms with Gasteiger partial charge in [-0.05, 0) is 35.9 Å². The van der Waals surface area contributed by atoms with Crippen molar-refractivity contribution in [1.82, 2.24) is 14.5 Å². The minimum Gasteiger partial charge on any atom is -0.356 e. The van der Waals surface area contributed by atoms with Gasteiger partial charge in [-0.1, -0.05) is 30.3 Å². The number of aromatic nitrogens is 3. The second-order valence-electron chi connectivity index (χ2n) is 10.7. The van der Waals surface area contributed by atoms with Crippen LogP contribution in [0.2, 0.25) is 0 Å². The molecule has 0 aliphatic carbocycles. The first-order valence-electron chi connectivity index (χ1n) is 13.2. The number of hydrogen-bond acceptors (Lipinski definition) is 5. The molecule has 0 saturated carbocycles. The molecule has 1 atom stereocenters. The molecule has 3 aromatic heterocycles. The van der Waals surface area contributed by atoms with Crippen molar-refractivity contribution in [2.24, 2.45) is 7.05 Å². The molecule has 0 radical (unpaired) electrons. The lowest BCUT2D eigenvalue weighted by molar-refractivity contribution is 0.580. The van der Waals surface area contributed by atoms with E-state index in [0.29, 0.717) is 44.4 Å². The molecule has 6 aromatic rings. The highest BCUT2D eigenvalue weighted by molar-refractivity contribution is 7.89. The van der Waals surface area contributed by atoms with Gasteiger partial charge in [0.1, 0.15) is 17.2 Å². The van der Waals surface area contributed by atoms with Crippen LogP contribution in [0.4, 0.5) is 20.2 Å². The smallest absolute Gasteiger partial charge is 0.274 e. The molecule has 4 heterocycles. The van der Waals surface area contributed by atoms with Crippen molar-refractivity contribution in [3.05, 3.63) is 124 Å². The van der Waals surface area contributed by atoms with Crippen LogP contribution in [-0.2, 0) is 22.6 Å². The molecule has 42 heavy (non-hydrogen) atoms. The van der Waals surface area contributed by atoms with Crippen LogP contribution in [0.15, 0.2) is 90.1 Å². The first-order chi connectivity index (χ1) is 20.1. The predicted molar refractivity (Wildman–Crippen MR) is 160 cm³/mol. The van der Waals surface area contributed by atoms with Crippen LogP contribution < -0.4 is 10.5 Å². The third-order valence-electron chi connectivity index (χ3n) is 7.76. The Labute approximate surface area is 239 Å². The van der Waals surface area contributed by atoms with E-state index >= 15 is 4.39 Å². The van der Waals surface area contributed by atoms with Gasteiger partial charge in [0.15, 0.2) is 9.84 Å². The van der Waals surface area contributed by atoms with E-state index in [1.54, 1.807) is 48.7 Å². The van der Waals surface area contributed by atoms with Crippen molar-refractivity contribution in [3.63, 3.8) is 0 Å². The van der Waals surface area contributed by atoms with Gasteiger partial charge in [-0.2, -0.15) is 0 Å². The fourth-order valence-electron chi connectivity index (χ4n) is 6.09. The second kappa shape index (κ2) is 9.35. The number of H-pyrrole nitrogens is 1. The molecule has 1 aliphatic heterocycles. The number of aryl methyl sites for hydroxylation is 1. The molecular formula is C32H24F2N4O3S. The maximum Gasteiger partial charge on any atom is 0.274 e. The number of nitrogens with zero attached hydrogens (tertiary/aromatic N) is 3. The molecule has 1 aliphatic rings. The predicted octanol–water partition coefficient (Wildman–Crippen LogP) is 6.15. The second-order valence-corrected chi connectivity index (χ2v) is 12.8. The Morgan fingerprint density at radius 3 is 2.52 bits per heavy atom. The fourth-order valence-corrected chi connectivity index (χ4v) is 6.88. The average molecular weight is 583 g/mol. The van der Waals surface area contributed by atoms with Crippen LogP contribution in [0, 0.1) is 11.6 Å². The van der Waals surface area contributed by atoms with Crippen molar-refractivity contribution >= 4 is 43.0 Å². The number of sulfone groups is 1. The van der Waals surface area contributed by atoms with E-state index < -0.39 is 27.5 Å². The molecule has 0 bridgehead atoms. The lowest BCUT2D eigenvalue weighted by Gasteiger charge is -2.35. The summed E-state index contributed by atoms with van der Waals surface area (Å²) in [5.41, 5.74) is 4.75. The molecule has 1 N–H and O–H groups in total. The van der Waals surface area contributed by atoms with E-state index in [1.807, 2.05) is 30.3 Å². The number of para-hydroxylation sites is 1. The maximum absolute atomic E-state index is 15.8. The van der Waals surface area contributed by atoms with E-state index in [0.717, 1.165) is 23.3 Å². The maximum atomic E-state index is 15.8. The monoisotopic (exact) mass is 582 g/mol. The average Bonchev–Trinajstić information content (AvgIpc) is 3.34. The van der Waals surface area contributed by atoms with Gasteiger partial charge in [0.25, 0.3) is 5.56 Å². The zero-order valence-corrected chi connectivity index (χ0v) is 23.4. The minimum atomic E-state index is -3.37. The Morgan fingerprint density at radius 1 is 0.952 bits per heavy atom. The summed E-state index contributed by atoms with van der Waals surface area (Å²) < 4.78 is 56.0. The van der Waals surface area contributed by atoms with Crippen LogP contribution in [0.3, 0.4) is 0 Å². The molecule has 0 saturated heterocycles. The third-order valence-corrected chi connectivity index (χ3v) is 8.61. The van der Waals surface area contributed by atoms with Crippen LogP contribution in [0.25, 0.3) is 32.9 Å². The lowest BCUT2D eigenvalue weighted by atomic mass is 9.93. The van der Waals surface area contributed by atoms with Crippen molar-refractivity contribution in [3.8, 4) is 11.1 Å². The summed E-state index contributed by atoms with van der Waals surface area (Å²) in [4.78, 5) is 22.9. The van der Waals surface area contributed by atoms with Gasteiger partial charge >= 0.3 is 0 Å². The molecule has 0 spiro atoms. The summed E-state index contributed by atoms with van der Waals surface area (Å²) in [5, 5.41) is 1.51. The number of halogens is 2. The Hall–Kier alpha value is -4.83. The number of rotatable bonds is 4. The molecule has 0 amide bonds. The van der Waals surface area contributed by atoms with Gasteiger partial charge in [-0.15, -0.1) is 0 Å². The summed E-state index contributed by atoms with van der Waals surface area (Å²) in [6.07, 6.45) is 6.32. The number of hydrogen-bond donors (Lipinski definition) is 1. The van der Waals surface area contributed by atoms with Gasteiger partial charge in [-0.25, -0.2) is 17.2 Å². The molecule has 0 fully saturated rings. The Bertz CT molecular complexity index is 2240. The fraction of sp³-hybridized carbons (Fsp3) is 0.125. The molecule has 1 unspecified atom stereocenters. The number of aromatic amines is 1. The zero-order valence-electron chi connectivity index (χ0n) is 22.6. The largest absolute Gasteiger partial charge is 0.356 e. The summed E-state index contributed by atoms with van der Waals surface area (Å²) >= 11 is 0. The summed E-state index contributed by atoms with van der Waals surface area (Å²) in [5.74, 6) is -1.68. The Morgan fingerprint density at radius 2 is 1.74 bits per heavy atom. The van der Waals surface area contributed by atoms with Gasteiger partial charge in [0, 0.05) is 71.0 Å². The molecule has 3 aromatic carbocycles. The number of pyridine rings is 2. The van der Waals surface area contributed by atoms with E-state index in [-0.39, 0.29) is 17.0 Å². The number of anilines is 2. The third kappa shape index (κ3) is 4.09. The van der Waals surface area contributed by atoms with Gasteiger partial charge < -0.3 is 14.5 Å². The van der Waals surface area contributed by atoms with E-state index in [1.165, 1.54) is 16.7 Å². The van der Waals surface area contributed by atoms with Crippen molar-refractivity contribution in [2.75, 3.05) is 11.2 Å². The lowest BCUT2D eigenvalue weighted by Crippen LogP contribution is -2.26. The zero-order chi connectivity index (χ0) is 29.3. The molecule has 7 rings (SSSR count). The first-order valence-corrected chi connectivity index (χ1v) is 15.3. The van der Waals surface area contributed by atoms with E-state index in [9.17, 15) is 17.6 Å². The first kappa shape index (κ1) is 26.1. The van der Waals surface area contributed by atoms with Crippen molar-refractivity contribution < 1.29 is 17.2 Å². The highest BCUT2D eigenvalue weighted by Gasteiger charge is 2.36. The highest BCUT2D eigenvalue weighted by Crippen LogP contribution is 2.51.